The number of aromatic nitrogens is 2. The normalized spacial score (nSPS) is 11.5. The maximum atomic E-state index is 12.1. The molecule has 27 heavy (non-hydrogen) atoms. The number of thiazole rings is 1. The van der Waals surface area contributed by atoms with Gasteiger partial charge in [0, 0.05) is 46.1 Å². The molecular weight excluding hydrogens is 404 g/mol. The van der Waals surface area contributed by atoms with Gasteiger partial charge in [-0.1, -0.05) is 0 Å². The van der Waals surface area contributed by atoms with E-state index in [0.717, 1.165) is 11.3 Å². The van der Waals surface area contributed by atoms with Gasteiger partial charge in [-0.2, -0.15) is 0 Å². The number of carbonyl (C=O) groups excluding carboxylic acids is 1. The Morgan fingerprint density at radius 2 is 2.11 bits per heavy atom. The number of hydrogen-bond acceptors (Lipinski definition) is 7. The molecule has 0 aliphatic rings. The Labute approximate surface area is 165 Å². The van der Waals surface area contributed by atoms with E-state index in [0.29, 0.717) is 5.13 Å². The zero-order chi connectivity index (χ0) is 19.4. The van der Waals surface area contributed by atoms with E-state index in [1.54, 1.807) is 11.3 Å². The minimum absolute atomic E-state index is 0.00495. The highest BCUT2D eigenvalue weighted by Crippen LogP contribution is 2.32. The first-order valence-electron chi connectivity index (χ1n) is 8.07. The molecule has 10 heteroatoms. The van der Waals surface area contributed by atoms with E-state index in [1.165, 1.54) is 45.6 Å². The van der Waals surface area contributed by atoms with Gasteiger partial charge in [-0.05, 0) is 32.0 Å². The van der Waals surface area contributed by atoms with Crippen molar-refractivity contribution >= 4 is 43.7 Å². The van der Waals surface area contributed by atoms with Gasteiger partial charge in [0.1, 0.15) is 4.90 Å². The van der Waals surface area contributed by atoms with E-state index >= 15 is 0 Å². The van der Waals surface area contributed by atoms with Crippen LogP contribution in [0.5, 0.6) is 0 Å². The highest BCUT2D eigenvalue weighted by atomic mass is 32.2. The van der Waals surface area contributed by atoms with Crippen molar-refractivity contribution in [1.82, 2.24) is 14.7 Å². The smallest absolute Gasteiger partial charge is 0.242 e. The van der Waals surface area contributed by atoms with E-state index in [1.807, 2.05) is 19.2 Å². The molecule has 3 aromatic heterocycles. The Morgan fingerprint density at radius 3 is 2.78 bits per heavy atom. The molecule has 1 amide bonds. The number of nitrogens with one attached hydrogen (secondary N) is 2. The van der Waals surface area contributed by atoms with Gasteiger partial charge in [0.2, 0.25) is 15.9 Å². The van der Waals surface area contributed by atoms with Crippen LogP contribution in [-0.2, 0) is 14.8 Å². The third-order valence-electron chi connectivity index (χ3n) is 3.66. The number of aryl methyl sites for hydroxylation is 2. The number of sulfonamides is 1. The first-order chi connectivity index (χ1) is 12.8. The van der Waals surface area contributed by atoms with Crippen LogP contribution in [0.2, 0.25) is 0 Å². The average molecular weight is 423 g/mol. The second-order valence-corrected chi connectivity index (χ2v) is 9.83. The van der Waals surface area contributed by atoms with Crippen LogP contribution < -0.4 is 10.0 Å². The number of pyridine rings is 1. The lowest BCUT2D eigenvalue weighted by atomic mass is 10.2. The molecule has 0 spiro atoms. The fourth-order valence-electron chi connectivity index (χ4n) is 2.41. The van der Waals surface area contributed by atoms with Crippen LogP contribution in [0.1, 0.15) is 16.2 Å². The molecule has 0 atom stereocenters. The summed E-state index contributed by atoms with van der Waals surface area (Å²) in [6.07, 6.45) is 2.76. The quantitative estimate of drug-likeness (QED) is 0.609. The van der Waals surface area contributed by atoms with Gasteiger partial charge >= 0.3 is 0 Å². The molecule has 0 fully saturated rings. The topological polar surface area (TPSA) is 101 Å². The van der Waals surface area contributed by atoms with Crippen molar-refractivity contribution in [3.8, 4) is 11.3 Å². The van der Waals surface area contributed by atoms with Crippen molar-refractivity contribution in [3.05, 3.63) is 45.7 Å². The fourth-order valence-corrected chi connectivity index (χ4v) is 5.06. The predicted octanol–water partition coefficient (Wildman–Crippen LogP) is 3.19. The number of thiophene rings is 1. The molecule has 2 N–H and O–H groups in total. The zero-order valence-electron chi connectivity index (χ0n) is 14.7. The van der Waals surface area contributed by atoms with E-state index in [2.05, 4.69) is 26.1 Å². The SMILES string of the molecule is Cc1cc(-c2csc(NC(=O)CCNS(=O)(=O)c3cccnc3)n2)c(C)s1. The van der Waals surface area contributed by atoms with Crippen LogP contribution in [0.3, 0.4) is 0 Å². The largest absolute Gasteiger partial charge is 0.302 e. The van der Waals surface area contributed by atoms with Crippen molar-refractivity contribution in [2.45, 2.75) is 25.2 Å². The summed E-state index contributed by atoms with van der Waals surface area (Å²) in [6.45, 7) is 4.08. The molecule has 3 aromatic rings. The van der Waals surface area contributed by atoms with E-state index < -0.39 is 10.0 Å². The molecule has 0 radical (unpaired) electrons. The van der Waals surface area contributed by atoms with E-state index in [4.69, 9.17) is 0 Å². The summed E-state index contributed by atoms with van der Waals surface area (Å²) >= 11 is 3.05. The zero-order valence-corrected chi connectivity index (χ0v) is 17.2. The summed E-state index contributed by atoms with van der Waals surface area (Å²) in [5, 5.41) is 5.10. The Morgan fingerprint density at radius 1 is 1.30 bits per heavy atom. The molecule has 0 aliphatic carbocycles. The Kier molecular flexibility index (Phi) is 6.00. The number of rotatable bonds is 7. The maximum absolute atomic E-state index is 12.1. The number of carbonyl (C=O) groups is 1. The summed E-state index contributed by atoms with van der Waals surface area (Å²) in [7, 11) is -3.67. The lowest BCUT2D eigenvalue weighted by Crippen LogP contribution is -2.27. The number of amides is 1. The van der Waals surface area contributed by atoms with Gasteiger partial charge in [-0.25, -0.2) is 18.1 Å². The Balaban J connectivity index is 1.54. The summed E-state index contributed by atoms with van der Waals surface area (Å²) in [5.41, 5.74) is 1.90. The molecule has 142 valence electrons. The van der Waals surface area contributed by atoms with Crippen LogP contribution in [0.4, 0.5) is 5.13 Å². The number of hydrogen-bond donors (Lipinski definition) is 2. The average Bonchev–Trinajstić information content (AvgIpc) is 3.21. The summed E-state index contributed by atoms with van der Waals surface area (Å²) in [6, 6.07) is 5.06. The summed E-state index contributed by atoms with van der Waals surface area (Å²) in [5.74, 6) is -0.303. The molecule has 3 rings (SSSR count). The van der Waals surface area contributed by atoms with Gasteiger partial charge in [0.15, 0.2) is 5.13 Å². The second kappa shape index (κ2) is 8.26. The van der Waals surface area contributed by atoms with E-state index in [9.17, 15) is 13.2 Å². The summed E-state index contributed by atoms with van der Waals surface area (Å²) < 4.78 is 26.5. The molecule has 3 heterocycles. The monoisotopic (exact) mass is 422 g/mol. The van der Waals surface area contributed by atoms with Crippen molar-refractivity contribution < 1.29 is 13.2 Å². The molecular formula is C17H18N4O3S3. The summed E-state index contributed by atoms with van der Waals surface area (Å²) in [4.78, 5) is 22.7. The van der Waals surface area contributed by atoms with Gasteiger partial charge in [0.25, 0.3) is 0 Å². The van der Waals surface area contributed by atoms with Crippen molar-refractivity contribution in [3.63, 3.8) is 0 Å². The minimum atomic E-state index is -3.67. The highest BCUT2D eigenvalue weighted by molar-refractivity contribution is 7.89. The van der Waals surface area contributed by atoms with E-state index in [-0.39, 0.29) is 23.8 Å². The fraction of sp³-hybridized carbons (Fsp3) is 0.235. The molecule has 0 aromatic carbocycles. The molecule has 7 nitrogen and oxygen atoms in total. The highest BCUT2D eigenvalue weighted by Gasteiger charge is 2.15. The van der Waals surface area contributed by atoms with Crippen LogP contribution in [0.15, 0.2) is 40.9 Å². The molecule has 0 saturated heterocycles. The minimum Gasteiger partial charge on any atom is -0.302 e. The third kappa shape index (κ3) is 4.98. The van der Waals surface area contributed by atoms with Crippen molar-refractivity contribution in [1.29, 1.82) is 0 Å². The lowest BCUT2D eigenvalue weighted by Gasteiger charge is -2.06. The molecule has 0 bridgehead atoms. The first-order valence-corrected chi connectivity index (χ1v) is 11.3. The lowest BCUT2D eigenvalue weighted by molar-refractivity contribution is -0.116. The molecule has 0 aliphatic heterocycles. The van der Waals surface area contributed by atoms with Crippen molar-refractivity contribution in [2.24, 2.45) is 0 Å². The standard InChI is InChI=1S/C17H18N4O3S3/c1-11-8-14(12(2)26-11)15-10-25-17(20-15)21-16(22)5-7-19-27(23,24)13-4-3-6-18-9-13/h3-4,6,8-10,19H,5,7H2,1-2H3,(H,20,21,22). The van der Waals surface area contributed by atoms with Gasteiger partial charge < -0.3 is 5.32 Å². The predicted molar refractivity (Wildman–Crippen MR) is 108 cm³/mol. The van der Waals surface area contributed by atoms with Gasteiger partial charge in [0.05, 0.1) is 5.69 Å². The van der Waals surface area contributed by atoms with Crippen LogP contribution in [0, 0.1) is 13.8 Å². The Hall–Kier alpha value is -2.14. The number of anilines is 1. The Bertz CT molecular complexity index is 1040. The first kappa shape index (κ1) is 19.6. The maximum Gasteiger partial charge on any atom is 0.242 e. The van der Waals surface area contributed by atoms with Crippen molar-refractivity contribution in [2.75, 3.05) is 11.9 Å². The number of nitrogens with zero attached hydrogens (tertiary/aromatic N) is 2. The molecule has 0 saturated carbocycles. The second-order valence-electron chi connectivity index (χ2n) is 5.75. The third-order valence-corrected chi connectivity index (χ3v) is 6.83. The van der Waals surface area contributed by atoms with Gasteiger partial charge in [-0.15, -0.1) is 22.7 Å². The van der Waals surface area contributed by atoms with Crippen LogP contribution >= 0.6 is 22.7 Å². The van der Waals surface area contributed by atoms with Gasteiger partial charge in [-0.3, -0.25) is 9.78 Å². The molecule has 0 unspecified atom stereocenters. The van der Waals surface area contributed by atoms with Crippen LogP contribution in [0.25, 0.3) is 11.3 Å². The van der Waals surface area contributed by atoms with Crippen LogP contribution in [-0.4, -0.2) is 30.8 Å².